The van der Waals surface area contributed by atoms with Gasteiger partial charge in [0, 0.05) is 23.6 Å². The van der Waals surface area contributed by atoms with Crippen molar-refractivity contribution in [3.63, 3.8) is 0 Å². The first kappa shape index (κ1) is 16.7. The molecule has 0 saturated carbocycles. The number of carbonyl (C=O) groups excluding carboxylic acids is 1. The molecule has 2 heterocycles. The molecule has 1 aromatic heterocycles. The molecular formula is C19H18N2OS2. The first-order valence-corrected chi connectivity index (χ1v) is 8.86. The minimum Gasteiger partial charge on any atom is -0.318 e. The number of hydrogen-bond acceptors (Lipinski definition) is 3. The quantitative estimate of drug-likeness (QED) is 0.460. The summed E-state index contributed by atoms with van der Waals surface area (Å²) in [7, 11) is 0. The molecule has 1 aliphatic rings. The topological polar surface area (TPSA) is 25.2 Å². The van der Waals surface area contributed by atoms with Crippen LogP contribution in [0.25, 0.3) is 11.8 Å². The van der Waals surface area contributed by atoms with Crippen LogP contribution in [0.5, 0.6) is 0 Å². The van der Waals surface area contributed by atoms with Crippen molar-refractivity contribution in [2.24, 2.45) is 0 Å². The Balaban J connectivity index is 1.99. The maximum absolute atomic E-state index is 12.5. The van der Waals surface area contributed by atoms with E-state index in [1.165, 1.54) is 11.8 Å². The number of thiocarbonyl (C=S) groups is 1. The lowest BCUT2D eigenvalue weighted by Gasteiger charge is -2.10. The molecule has 0 radical (unpaired) electrons. The van der Waals surface area contributed by atoms with Gasteiger partial charge < -0.3 is 4.57 Å². The summed E-state index contributed by atoms with van der Waals surface area (Å²) in [5, 5.41) is 0. The van der Waals surface area contributed by atoms with Crippen molar-refractivity contribution < 1.29 is 4.79 Å². The number of hydrogen-bond donors (Lipinski definition) is 0. The van der Waals surface area contributed by atoms with Gasteiger partial charge >= 0.3 is 0 Å². The molecule has 1 aliphatic heterocycles. The van der Waals surface area contributed by atoms with E-state index in [1.807, 2.05) is 24.3 Å². The molecule has 1 saturated heterocycles. The second kappa shape index (κ2) is 6.79. The molecule has 0 aliphatic carbocycles. The molecule has 0 bridgehead atoms. The molecule has 122 valence electrons. The summed E-state index contributed by atoms with van der Waals surface area (Å²) in [5.41, 5.74) is 4.39. The van der Waals surface area contributed by atoms with Crippen molar-refractivity contribution in [1.29, 1.82) is 0 Å². The fourth-order valence-electron chi connectivity index (χ4n) is 2.84. The molecule has 1 fully saturated rings. The Morgan fingerprint density at radius 1 is 1.25 bits per heavy atom. The fourth-order valence-corrected chi connectivity index (χ4v) is 4.10. The average molecular weight is 355 g/mol. The van der Waals surface area contributed by atoms with Crippen molar-refractivity contribution in [2.75, 3.05) is 6.54 Å². The van der Waals surface area contributed by atoms with Gasteiger partial charge in [0.25, 0.3) is 5.91 Å². The first-order chi connectivity index (χ1) is 11.5. The summed E-state index contributed by atoms with van der Waals surface area (Å²) >= 11 is 6.64. The van der Waals surface area contributed by atoms with E-state index in [2.05, 4.69) is 43.2 Å². The van der Waals surface area contributed by atoms with Gasteiger partial charge in [-0.1, -0.05) is 48.3 Å². The van der Waals surface area contributed by atoms with Crippen LogP contribution >= 0.6 is 24.0 Å². The number of para-hydroxylation sites is 1. The van der Waals surface area contributed by atoms with Crippen LogP contribution in [-0.4, -0.2) is 26.2 Å². The lowest BCUT2D eigenvalue weighted by molar-refractivity contribution is -0.121. The zero-order chi connectivity index (χ0) is 17.3. The van der Waals surface area contributed by atoms with Gasteiger partial charge in [-0.25, -0.2) is 0 Å². The van der Waals surface area contributed by atoms with Crippen molar-refractivity contribution in [3.05, 3.63) is 70.9 Å². The zero-order valence-corrected chi connectivity index (χ0v) is 15.3. The number of carbonyl (C=O) groups is 1. The van der Waals surface area contributed by atoms with Crippen LogP contribution in [-0.2, 0) is 4.79 Å². The third-order valence-corrected chi connectivity index (χ3v) is 5.33. The summed E-state index contributed by atoms with van der Waals surface area (Å²) in [4.78, 5) is 14.7. The second-order valence-corrected chi connectivity index (χ2v) is 7.25. The lowest BCUT2D eigenvalue weighted by Crippen LogP contribution is -2.27. The van der Waals surface area contributed by atoms with Gasteiger partial charge in [-0.05, 0) is 43.7 Å². The fraction of sp³-hybridized carbons (Fsp3) is 0.158. The van der Waals surface area contributed by atoms with Crippen molar-refractivity contribution in [2.45, 2.75) is 13.8 Å². The molecule has 3 rings (SSSR count). The molecule has 0 N–H and O–H groups in total. The summed E-state index contributed by atoms with van der Waals surface area (Å²) in [5.74, 6) is -0.0468. The minimum absolute atomic E-state index is 0.0468. The highest BCUT2D eigenvalue weighted by molar-refractivity contribution is 8.26. The molecule has 0 atom stereocenters. The number of aryl methyl sites for hydroxylation is 1. The standard InChI is InChI=1S/C19H18N2OS2/c1-4-10-20-18(22)17(24-19(20)23)12-15-11-13(2)21(14(15)3)16-8-6-5-7-9-16/h4-9,11-12H,1,10H2,2-3H3/b17-12+. The Labute approximate surface area is 151 Å². The van der Waals surface area contributed by atoms with Gasteiger partial charge in [0.2, 0.25) is 0 Å². The van der Waals surface area contributed by atoms with Gasteiger partial charge in [0.15, 0.2) is 0 Å². The molecule has 24 heavy (non-hydrogen) atoms. The van der Waals surface area contributed by atoms with Crippen LogP contribution in [0.1, 0.15) is 17.0 Å². The Morgan fingerprint density at radius 3 is 2.62 bits per heavy atom. The molecule has 0 spiro atoms. The highest BCUT2D eigenvalue weighted by Crippen LogP contribution is 2.33. The predicted octanol–water partition coefficient (Wildman–Crippen LogP) is 4.48. The van der Waals surface area contributed by atoms with Crippen molar-refractivity contribution >= 4 is 40.3 Å². The van der Waals surface area contributed by atoms with E-state index in [1.54, 1.807) is 11.0 Å². The maximum atomic E-state index is 12.5. The minimum atomic E-state index is -0.0468. The third kappa shape index (κ3) is 2.97. The average Bonchev–Trinajstić information content (AvgIpc) is 2.99. The normalized spacial score (nSPS) is 16.2. The predicted molar refractivity (Wildman–Crippen MR) is 105 cm³/mol. The van der Waals surface area contributed by atoms with E-state index in [0.29, 0.717) is 15.8 Å². The molecule has 0 unspecified atom stereocenters. The van der Waals surface area contributed by atoms with E-state index in [9.17, 15) is 4.79 Å². The van der Waals surface area contributed by atoms with Crippen LogP contribution in [0, 0.1) is 13.8 Å². The number of rotatable bonds is 4. The Hall–Kier alpha value is -2.11. The molecular weight excluding hydrogens is 336 g/mol. The highest BCUT2D eigenvalue weighted by atomic mass is 32.2. The number of aromatic nitrogens is 1. The third-order valence-electron chi connectivity index (χ3n) is 3.96. The Bertz CT molecular complexity index is 850. The number of benzene rings is 1. The molecule has 1 amide bonds. The SMILES string of the molecule is C=CCN1C(=O)/C(=C\c2cc(C)n(-c3ccccc3)c2C)SC1=S. The van der Waals surface area contributed by atoms with Crippen LogP contribution in [0.2, 0.25) is 0 Å². The van der Waals surface area contributed by atoms with Crippen LogP contribution < -0.4 is 0 Å². The Morgan fingerprint density at radius 2 is 1.96 bits per heavy atom. The number of amides is 1. The van der Waals surface area contributed by atoms with Gasteiger partial charge in [0.1, 0.15) is 4.32 Å². The second-order valence-electron chi connectivity index (χ2n) is 5.58. The number of thioether (sulfide) groups is 1. The number of nitrogens with zero attached hydrogens (tertiary/aromatic N) is 2. The van der Waals surface area contributed by atoms with Crippen molar-refractivity contribution in [1.82, 2.24) is 9.47 Å². The van der Waals surface area contributed by atoms with Gasteiger partial charge in [0.05, 0.1) is 4.91 Å². The van der Waals surface area contributed by atoms with Crippen molar-refractivity contribution in [3.8, 4) is 5.69 Å². The van der Waals surface area contributed by atoms with E-state index in [-0.39, 0.29) is 5.91 Å². The monoisotopic (exact) mass is 354 g/mol. The summed E-state index contributed by atoms with van der Waals surface area (Å²) in [6, 6.07) is 12.3. The summed E-state index contributed by atoms with van der Waals surface area (Å²) < 4.78 is 2.78. The van der Waals surface area contributed by atoms with E-state index in [0.717, 1.165) is 22.6 Å². The molecule has 3 nitrogen and oxygen atoms in total. The van der Waals surface area contributed by atoms with E-state index in [4.69, 9.17) is 12.2 Å². The van der Waals surface area contributed by atoms with Gasteiger partial charge in [-0.15, -0.1) is 6.58 Å². The largest absolute Gasteiger partial charge is 0.318 e. The Kier molecular flexibility index (Phi) is 4.73. The smallest absolute Gasteiger partial charge is 0.266 e. The molecule has 1 aromatic carbocycles. The lowest BCUT2D eigenvalue weighted by atomic mass is 10.2. The van der Waals surface area contributed by atoms with Gasteiger partial charge in [-0.2, -0.15) is 0 Å². The molecule has 2 aromatic rings. The summed E-state index contributed by atoms with van der Waals surface area (Å²) in [6.07, 6.45) is 3.62. The van der Waals surface area contributed by atoms with Crippen LogP contribution in [0.4, 0.5) is 0 Å². The van der Waals surface area contributed by atoms with Crippen LogP contribution in [0.15, 0.2) is 54.0 Å². The first-order valence-electron chi connectivity index (χ1n) is 7.63. The van der Waals surface area contributed by atoms with E-state index < -0.39 is 0 Å². The van der Waals surface area contributed by atoms with E-state index >= 15 is 0 Å². The van der Waals surface area contributed by atoms with Gasteiger partial charge in [-0.3, -0.25) is 9.69 Å². The highest BCUT2D eigenvalue weighted by Gasteiger charge is 2.31. The molecule has 5 heteroatoms. The van der Waals surface area contributed by atoms with Crippen LogP contribution in [0.3, 0.4) is 0 Å². The zero-order valence-electron chi connectivity index (χ0n) is 13.7. The summed E-state index contributed by atoms with van der Waals surface area (Å²) in [6.45, 7) is 8.26. The maximum Gasteiger partial charge on any atom is 0.266 e.